The summed E-state index contributed by atoms with van der Waals surface area (Å²) in [6.07, 6.45) is 1.78. The van der Waals surface area contributed by atoms with Crippen LogP contribution >= 0.6 is 15.9 Å². The molecule has 0 amide bonds. The quantitative estimate of drug-likeness (QED) is 0.636. The molecule has 3 aromatic rings. The molecule has 0 aliphatic rings. The van der Waals surface area contributed by atoms with Crippen molar-refractivity contribution in [3.8, 4) is 0 Å². The molecule has 24 heavy (non-hydrogen) atoms. The second kappa shape index (κ2) is 7.45. The molecule has 3 rings (SSSR count). The van der Waals surface area contributed by atoms with Gasteiger partial charge in [-0.15, -0.1) is 0 Å². The third-order valence-corrected chi connectivity index (χ3v) is 4.23. The molecule has 0 fully saturated rings. The van der Waals surface area contributed by atoms with Crippen molar-refractivity contribution in [1.82, 2.24) is 9.97 Å². The van der Waals surface area contributed by atoms with Gasteiger partial charge in [0.05, 0.1) is 0 Å². The van der Waals surface area contributed by atoms with Gasteiger partial charge in [0.15, 0.2) is 0 Å². The SMILES string of the molecule is CCN(c1ccccc1)c1ccnc(Nc2ccc(Br)cc2C)n1. The van der Waals surface area contributed by atoms with Gasteiger partial charge in [0.1, 0.15) is 5.82 Å². The first-order chi connectivity index (χ1) is 11.7. The number of para-hydroxylation sites is 1. The van der Waals surface area contributed by atoms with Crippen LogP contribution in [0.15, 0.2) is 65.3 Å². The largest absolute Gasteiger partial charge is 0.327 e. The van der Waals surface area contributed by atoms with Gasteiger partial charge in [-0.05, 0) is 55.8 Å². The number of hydrogen-bond acceptors (Lipinski definition) is 4. The number of hydrogen-bond donors (Lipinski definition) is 1. The Morgan fingerprint density at radius 1 is 1.08 bits per heavy atom. The van der Waals surface area contributed by atoms with Crippen LogP contribution in [-0.4, -0.2) is 16.5 Å². The molecule has 0 saturated heterocycles. The van der Waals surface area contributed by atoms with Gasteiger partial charge in [-0.1, -0.05) is 34.1 Å². The van der Waals surface area contributed by atoms with Crippen LogP contribution in [0.2, 0.25) is 0 Å². The summed E-state index contributed by atoms with van der Waals surface area (Å²) in [5.74, 6) is 1.46. The Morgan fingerprint density at radius 2 is 1.88 bits per heavy atom. The van der Waals surface area contributed by atoms with Gasteiger partial charge in [0.2, 0.25) is 5.95 Å². The van der Waals surface area contributed by atoms with E-state index in [-0.39, 0.29) is 0 Å². The predicted octanol–water partition coefficient (Wildman–Crippen LogP) is 5.45. The second-order valence-electron chi connectivity index (χ2n) is 5.40. The van der Waals surface area contributed by atoms with Gasteiger partial charge < -0.3 is 10.2 Å². The van der Waals surface area contributed by atoms with Crippen LogP contribution in [0.1, 0.15) is 12.5 Å². The fourth-order valence-corrected chi connectivity index (χ4v) is 3.01. The van der Waals surface area contributed by atoms with Crippen molar-refractivity contribution < 1.29 is 0 Å². The van der Waals surface area contributed by atoms with Crippen molar-refractivity contribution in [3.05, 3.63) is 70.8 Å². The van der Waals surface area contributed by atoms with Crippen molar-refractivity contribution in [2.24, 2.45) is 0 Å². The zero-order chi connectivity index (χ0) is 16.9. The maximum atomic E-state index is 4.67. The lowest BCUT2D eigenvalue weighted by molar-refractivity contribution is 0.978. The molecule has 0 aliphatic heterocycles. The van der Waals surface area contributed by atoms with E-state index < -0.39 is 0 Å². The predicted molar refractivity (Wildman–Crippen MR) is 103 cm³/mol. The highest BCUT2D eigenvalue weighted by Gasteiger charge is 2.10. The van der Waals surface area contributed by atoms with Crippen LogP contribution in [0.5, 0.6) is 0 Å². The molecule has 1 aromatic heterocycles. The first-order valence-electron chi connectivity index (χ1n) is 7.86. The maximum Gasteiger partial charge on any atom is 0.229 e. The van der Waals surface area contributed by atoms with Crippen molar-refractivity contribution >= 4 is 39.1 Å². The number of aromatic nitrogens is 2. The van der Waals surface area contributed by atoms with Gasteiger partial charge in [0, 0.05) is 28.6 Å². The molecule has 0 aliphatic carbocycles. The van der Waals surface area contributed by atoms with E-state index in [0.29, 0.717) is 5.95 Å². The van der Waals surface area contributed by atoms with E-state index in [4.69, 9.17) is 0 Å². The normalized spacial score (nSPS) is 10.5. The molecule has 0 spiro atoms. The molecule has 4 nitrogen and oxygen atoms in total. The lowest BCUT2D eigenvalue weighted by Gasteiger charge is -2.22. The number of aryl methyl sites for hydroxylation is 1. The molecule has 0 bridgehead atoms. The topological polar surface area (TPSA) is 41.1 Å². The molecular formula is C19H19BrN4. The smallest absolute Gasteiger partial charge is 0.229 e. The number of halogens is 1. The number of anilines is 4. The van der Waals surface area contributed by atoms with Crippen LogP contribution in [0.3, 0.4) is 0 Å². The van der Waals surface area contributed by atoms with Crippen molar-refractivity contribution in [2.45, 2.75) is 13.8 Å². The van der Waals surface area contributed by atoms with Crippen LogP contribution in [-0.2, 0) is 0 Å². The molecule has 0 saturated carbocycles. The van der Waals surface area contributed by atoms with Crippen molar-refractivity contribution in [3.63, 3.8) is 0 Å². The van der Waals surface area contributed by atoms with Crippen molar-refractivity contribution in [2.75, 3.05) is 16.8 Å². The van der Waals surface area contributed by atoms with E-state index in [2.05, 4.69) is 68.2 Å². The van der Waals surface area contributed by atoms with E-state index in [1.54, 1.807) is 6.20 Å². The fraction of sp³-hybridized carbons (Fsp3) is 0.158. The lowest BCUT2D eigenvalue weighted by atomic mass is 10.2. The zero-order valence-electron chi connectivity index (χ0n) is 13.7. The maximum absolute atomic E-state index is 4.67. The highest BCUT2D eigenvalue weighted by molar-refractivity contribution is 9.10. The van der Waals surface area contributed by atoms with Gasteiger partial charge in [-0.3, -0.25) is 0 Å². The standard InChI is InChI=1S/C19H19BrN4/c1-3-24(16-7-5-4-6-8-16)18-11-12-21-19(23-18)22-17-10-9-15(20)13-14(17)2/h4-13H,3H2,1-2H3,(H,21,22,23). The summed E-state index contributed by atoms with van der Waals surface area (Å²) >= 11 is 3.48. The van der Waals surface area contributed by atoms with Gasteiger partial charge in [0.25, 0.3) is 0 Å². The number of rotatable bonds is 5. The first kappa shape index (κ1) is 16.5. The summed E-state index contributed by atoms with van der Waals surface area (Å²) in [6, 6.07) is 18.2. The van der Waals surface area contributed by atoms with Gasteiger partial charge >= 0.3 is 0 Å². The van der Waals surface area contributed by atoms with Crippen LogP contribution < -0.4 is 10.2 Å². The Balaban J connectivity index is 1.88. The third-order valence-electron chi connectivity index (χ3n) is 3.74. The van der Waals surface area contributed by atoms with E-state index in [1.807, 2.05) is 36.4 Å². The molecule has 1 heterocycles. The molecule has 5 heteroatoms. The molecule has 0 unspecified atom stereocenters. The average Bonchev–Trinajstić information content (AvgIpc) is 2.60. The molecule has 0 atom stereocenters. The minimum absolute atomic E-state index is 0.590. The highest BCUT2D eigenvalue weighted by Crippen LogP contribution is 2.26. The summed E-state index contributed by atoms with van der Waals surface area (Å²) in [5, 5.41) is 3.30. The van der Waals surface area contributed by atoms with Gasteiger partial charge in [-0.2, -0.15) is 4.98 Å². The van der Waals surface area contributed by atoms with E-state index in [0.717, 1.165) is 33.8 Å². The Hall–Kier alpha value is -2.40. The minimum Gasteiger partial charge on any atom is -0.327 e. The Labute approximate surface area is 150 Å². The van der Waals surface area contributed by atoms with Crippen molar-refractivity contribution in [1.29, 1.82) is 0 Å². The Kier molecular flexibility index (Phi) is 5.11. The van der Waals surface area contributed by atoms with E-state index >= 15 is 0 Å². The molecule has 0 radical (unpaired) electrons. The summed E-state index contributed by atoms with van der Waals surface area (Å²) in [4.78, 5) is 11.2. The average molecular weight is 383 g/mol. The summed E-state index contributed by atoms with van der Waals surface area (Å²) in [6.45, 7) is 5.00. The highest BCUT2D eigenvalue weighted by atomic mass is 79.9. The molecule has 122 valence electrons. The Morgan fingerprint density at radius 3 is 2.58 bits per heavy atom. The number of nitrogens with zero attached hydrogens (tertiary/aromatic N) is 3. The molecular weight excluding hydrogens is 364 g/mol. The second-order valence-corrected chi connectivity index (χ2v) is 6.32. The summed E-state index contributed by atoms with van der Waals surface area (Å²) in [5.41, 5.74) is 3.25. The van der Waals surface area contributed by atoms with Gasteiger partial charge in [-0.25, -0.2) is 4.98 Å². The van der Waals surface area contributed by atoms with E-state index in [1.165, 1.54) is 0 Å². The van der Waals surface area contributed by atoms with E-state index in [9.17, 15) is 0 Å². The van der Waals surface area contributed by atoms with Crippen LogP contribution in [0.4, 0.5) is 23.1 Å². The summed E-state index contributed by atoms with van der Waals surface area (Å²) < 4.78 is 1.06. The monoisotopic (exact) mass is 382 g/mol. The third kappa shape index (κ3) is 3.74. The van der Waals surface area contributed by atoms with Crippen LogP contribution in [0, 0.1) is 6.92 Å². The minimum atomic E-state index is 0.590. The zero-order valence-corrected chi connectivity index (χ0v) is 15.3. The molecule has 2 aromatic carbocycles. The number of benzene rings is 2. The number of nitrogens with one attached hydrogen (secondary N) is 1. The first-order valence-corrected chi connectivity index (χ1v) is 8.65. The molecule has 1 N–H and O–H groups in total. The lowest BCUT2D eigenvalue weighted by Crippen LogP contribution is -2.17. The fourth-order valence-electron chi connectivity index (χ4n) is 2.53. The Bertz CT molecular complexity index is 821. The van der Waals surface area contributed by atoms with Crippen LogP contribution in [0.25, 0.3) is 0 Å². The summed E-state index contributed by atoms with van der Waals surface area (Å²) in [7, 11) is 0.